The minimum absolute atomic E-state index is 0.0304. The summed E-state index contributed by atoms with van der Waals surface area (Å²) in [5.74, 6) is -1.34. The Balaban J connectivity index is 4.00. The molecule has 2 amide bonds. The Labute approximate surface area is 112 Å². The van der Waals surface area contributed by atoms with Crippen LogP contribution in [0, 0.1) is 5.92 Å². The molecule has 0 aliphatic carbocycles. The molecular formula is C12H22N2O5. The Morgan fingerprint density at radius 2 is 2.00 bits per heavy atom. The van der Waals surface area contributed by atoms with Crippen LogP contribution in [0.4, 0.5) is 4.79 Å². The van der Waals surface area contributed by atoms with Crippen molar-refractivity contribution >= 4 is 18.0 Å². The zero-order valence-electron chi connectivity index (χ0n) is 11.6. The molecule has 0 aliphatic heterocycles. The normalized spacial score (nSPS) is 11.5. The number of carboxylic acids is 1. The van der Waals surface area contributed by atoms with Gasteiger partial charge in [-0.05, 0) is 5.92 Å². The van der Waals surface area contributed by atoms with Crippen molar-refractivity contribution in [2.24, 2.45) is 5.92 Å². The average molecular weight is 274 g/mol. The summed E-state index contributed by atoms with van der Waals surface area (Å²) in [6.45, 7) is 2.44. The Hall–Kier alpha value is -1.79. The maximum absolute atomic E-state index is 11.7. The van der Waals surface area contributed by atoms with Gasteiger partial charge in [0.2, 0.25) is 0 Å². The van der Waals surface area contributed by atoms with Gasteiger partial charge < -0.3 is 20.1 Å². The summed E-state index contributed by atoms with van der Waals surface area (Å²) in [5.41, 5.74) is 0. The molecule has 0 aromatic carbocycles. The van der Waals surface area contributed by atoms with E-state index < -0.39 is 5.97 Å². The van der Waals surface area contributed by atoms with E-state index in [0.717, 1.165) is 0 Å². The number of nitrogens with one attached hydrogen (secondary N) is 1. The number of carbonyl (C=O) groups excluding carboxylic acids is 2. The molecular weight excluding hydrogens is 252 g/mol. The molecule has 0 aromatic rings. The van der Waals surface area contributed by atoms with Crippen LogP contribution in [0.3, 0.4) is 0 Å². The van der Waals surface area contributed by atoms with Crippen LogP contribution in [0.2, 0.25) is 0 Å². The van der Waals surface area contributed by atoms with Crippen molar-refractivity contribution in [3.63, 3.8) is 0 Å². The molecule has 0 spiro atoms. The Morgan fingerprint density at radius 1 is 1.37 bits per heavy atom. The van der Waals surface area contributed by atoms with Crippen molar-refractivity contribution in [3.8, 4) is 0 Å². The molecule has 0 rings (SSSR count). The summed E-state index contributed by atoms with van der Waals surface area (Å²) in [7, 11) is 2.86. The van der Waals surface area contributed by atoms with E-state index in [2.05, 4.69) is 10.1 Å². The minimum Gasteiger partial charge on any atom is -0.481 e. The van der Waals surface area contributed by atoms with Crippen molar-refractivity contribution in [1.29, 1.82) is 0 Å². The van der Waals surface area contributed by atoms with Crippen molar-refractivity contribution in [1.82, 2.24) is 10.2 Å². The van der Waals surface area contributed by atoms with Crippen molar-refractivity contribution in [3.05, 3.63) is 0 Å². The Kier molecular flexibility index (Phi) is 8.32. The topological polar surface area (TPSA) is 95.9 Å². The van der Waals surface area contributed by atoms with Gasteiger partial charge in [-0.1, -0.05) is 13.3 Å². The van der Waals surface area contributed by atoms with E-state index in [1.165, 1.54) is 12.0 Å². The maximum Gasteiger partial charge on any atom is 0.317 e. The number of aliphatic carboxylic acids is 1. The number of urea groups is 1. The first kappa shape index (κ1) is 17.2. The van der Waals surface area contributed by atoms with Crippen LogP contribution in [0.15, 0.2) is 0 Å². The van der Waals surface area contributed by atoms with Gasteiger partial charge in [0.15, 0.2) is 0 Å². The number of ether oxygens (including phenoxy) is 1. The van der Waals surface area contributed by atoms with Crippen LogP contribution in [0.1, 0.15) is 26.2 Å². The van der Waals surface area contributed by atoms with Gasteiger partial charge in [-0.3, -0.25) is 9.59 Å². The van der Waals surface area contributed by atoms with Crippen LogP contribution in [0.25, 0.3) is 0 Å². The lowest BCUT2D eigenvalue weighted by Gasteiger charge is -2.19. The van der Waals surface area contributed by atoms with E-state index >= 15 is 0 Å². The summed E-state index contributed by atoms with van der Waals surface area (Å²) in [4.78, 5) is 34.5. The highest BCUT2D eigenvalue weighted by molar-refractivity contribution is 5.75. The maximum atomic E-state index is 11.7. The van der Waals surface area contributed by atoms with E-state index in [9.17, 15) is 14.4 Å². The van der Waals surface area contributed by atoms with Gasteiger partial charge in [0.25, 0.3) is 0 Å². The van der Waals surface area contributed by atoms with E-state index in [1.54, 1.807) is 7.05 Å². The zero-order valence-corrected chi connectivity index (χ0v) is 11.6. The van der Waals surface area contributed by atoms with Gasteiger partial charge in [0, 0.05) is 26.6 Å². The molecule has 7 heteroatoms. The molecule has 1 unspecified atom stereocenters. The second kappa shape index (κ2) is 9.18. The van der Waals surface area contributed by atoms with Crippen molar-refractivity contribution in [2.45, 2.75) is 26.2 Å². The fourth-order valence-electron chi connectivity index (χ4n) is 1.44. The van der Waals surface area contributed by atoms with Gasteiger partial charge in [0.05, 0.1) is 13.5 Å². The number of rotatable bonds is 8. The smallest absolute Gasteiger partial charge is 0.317 e. The predicted octanol–water partition coefficient (Wildman–Crippen LogP) is 0.692. The van der Waals surface area contributed by atoms with Gasteiger partial charge in [-0.2, -0.15) is 0 Å². The number of methoxy groups -OCH3 is 1. The quantitative estimate of drug-likeness (QED) is 0.635. The lowest BCUT2D eigenvalue weighted by Crippen LogP contribution is -2.40. The number of nitrogens with zero attached hydrogens (tertiary/aromatic N) is 1. The second-order valence-corrected chi connectivity index (χ2v) is 4.31. The third-order valence-electron chi connectivity index (χ3n) is 2.81. The highest BCUT2D eigenvalue weighted by atomic mass is 16.5. The lowest BCUT2D eigenvalue weighted by molar-refractivity contribution is -0.141. The zero-order chi connectivity index (χ0) is 14.8. The molecule has 0 saturated heterocycles. The molecule has 7 nitrogen and oxygen atoms in total. The molecule has 1 atom stereocenters. The van der Waals surface area contributed by atoms with Gasteiger partial charge in [0.1, 0.15) is 0 Å². The van der Waals surface area contributed by atoms with Gasteiger partial charge >= 0.3 is 18.0 Å². The van der Waals surface area contributed by atoms with Crippen molar-refractivity contribution < 1.29 is 24.2 Å². The summed E-state index contributed by atoms with van der Waals surface area (Å²) in [6.07, 6.45) is 0.841. The molecule has 0 heterocycles. The molecule has 0 fully saturated rings. The standard InChI is InChI=1S/C12H22N2O5/c1-4-9(7-10(15)16)8-13-12(18)14(2)6-5-11(17)19-3/h9H,4-8H2,1-3H3,(H,13,18)(H,15,16). The SMILES string of the molecule is CCC(CNC(=O)N(C)CCC(=O)OC)CC(=O)O. The molecule has 0 saturated carbocycles. The molecule has 0 aromatic heterocycles. The third kappa shape index (κ3) is 8.01. The van der Waals surface area contributed by atoms with Crippen LogP contribution >= 0.6 is 0 Å². The second-order valence-electron chi connectivity index (χ2n) is 4.31. The van der Waals surface area contributed by atoms with Crippen LogP contribution in [-0.4, -0.2) is 55.2 Å². The van der Waals surface area contributed by atoms with E-state index in [-0.39, 0.29) is 37.3 Å². The number of carbonyl (C=O) groups is 3. The molecule has 19 heavy (non-hydrogen) atoms. The fourth-order valence-corrected chi connectivity index (χ4v) is 1.44. The summed E-state index contributed by atoms with van der Waals surface area (Å²) >= 11 is 0. The fraction of sp³-hybridized carbons (Fsp3) is 0.750. The number of hydrogen-bond donors (Lipinski definition) is 2. The highest BCUT2D eigenvalue weighted by Crippen LogP contribution is 2.06. The first-order valence-electron chi connectivity index (χ1n) is 6.18. The Bertz CT molecular complexity index is 319. The monoisotopic (exact) mass is 274 g/mol. The summed E-state index contributed by atoms with van der Waals surface area (Å²) in [6, 6.07) is -0.326. The molecule has 0 aliphatic rings. The first-order valence-corrected chi connectivity index (χ1v) is 6.18. The van der Waals surface area contributed by atoms with E-state index in [1.807, 2.05) is 6.92 Å². The molecule has 0 bridgehead atoms. The molecule has 0 radical (unpaired) electrons. The van der Waals surface area contributed by atoms with Gasteiger partial charge in [-0.15, -0.1) is 0 Å². The number of amides is 2. The molecule has 2 N–H and O–H groups in total. The Morgan fingerprint density at radius 3 is 2.47 bits per heavy atom. The van der Waals surface area contributed by atoms with Crippen LogP contribution < -0.4 is 5.32 Å². The van der Waals surface area contributed by atoms with Gasteiger partial charge in [-0.25, -0.2) is 4.79 Å². The summed E-state index contributed by atoms with van der Waals surface area (Å²) < 4.78 is 4.48. The number of hydrogen-bond acceptors (Lipinski definition) is 4. The average Bonchev–Trinajstić information content (AvgIpc) is 2.39. The van der Waals surface area contributed by atoms with Crippen LogP contribution in [0.5, 0.6) is 0 Å². The predicted molar refractivity (Wildman–Crippen MR) is 68.7 cm³/mol. The largest absolute Gasteiger partial charge is 0.481 e. The minimum atomic E-state index is -0.875. The number of esters is 1. The number of carboxylic acid groups (broad SMARTS) is 1. The highest BCUT2D eigenvalue weighted by Gasteiger charge is 2.15. The third-order valence-corrected chi connectivity index (χ3v) is 2.81. The molecule has 110 valence electrons. The van der Waals surface area contributed by atoms with Crippen LogP contribution in [-0.2, 0) is 14.3 Å². The van der Waals surface area contributed by atoms with E-state index in [0.29, 0.717) is 13.0 Å². The van der Waals surface area contributed by atoms with Crippen molar-refractivity contribution in [2.75, 3.05) is 27.2 Å². The first-order chi connectivity index (χ1) is 8.90. The van der Waals surface area contributed by atoms with E-state index in [4.69, 9.17) is 5.11 Å². The summed E-state index contributed by atoms with van der Waals surface area (Å²) in [5, 5.41) is 11.3. The lowest BCUT2D eigenvalue weighted by atomic mass is 10.0.